The first kappa shape index (κ1) is 26.1. The number of aromatic nitrogens is 1. The van der Waals surface area contributed by atoms with Crippen LogP contribution in [-0.2, 0) is 21.6 Å². The van der Waals surface area contributed by atoms with E-state index in [1.807, 2.05) is 0 Å². The van der Waals surface area contributed by atoms with Crippen LogP contribution in [0.1, 0.15) is 42.4 Å². The summed E-state index contributed by atoms with van der Waals surface area (Å²) in [6.45, 7) is 0.407. The van der Waals surface area contributed by atoms with Crippen LogP contribution in [0, 0.1) is 0 Å². The Bertz CT molecular complexity index is 1510. The lowest BCUT2D eigenvalue weighted by Crippen LogP contribution is -2.34. The van der Waals surface area contributed by atoms with Crippen LogP contribution in [0.4, 0.5) is 23.7 Å². The average molecular weight is 543 g/mol. The molecule has 38 heavy (non-hydrogen) atoms. The molecule has 3 aromatic rings. The van der Waals surface area contributed by atoms with Gasteiger partial charge in [-0.2, -0.15) is 13.2 Å². The molecule has 1 fully saturated rings. The Morgan fingerprint density at radius 1 is 1.11 bits per heavy atom. The van der Waals surface area contributed by atoms with Crippen LogP contribution < -0.4 is 9.62 Å². The van der Waals surface area contributed by atoms with Crippen molar-refractivity contribution < 1.29 is 26.4 Å². The Morgan fingerprint density at radius 2 is 1.82 bits per heavy atom. The quantitative estimate of drug-likeness (QED) is 0.438. The van der Waals surface area contributed by atoms with E-state index in [2.05, 4.69) is 14.7 Å². The average Bonchev–Trinajstić information content (AvgIpc) is 3.52. The summed E-state index contributed by atoms with van der Waals surface area (Å²) >= 11 is 0. The van der Waals surface area contributed by atoms with Crippen LogP contribution >= 0.6 is 0 Å². The molecule has 11 heteroatoms. The molecule has 198 valence electrons. The SMILES string of the molecule is CNS(=O)(=O)c1ccc(C=NC(=O)N2CC3(CCCC3)c3cc(-c4ccncc4C(F)(F)F)ccc32)cc1. The van der Waals surface area contributed by atoms with Gasteiger partial charge in [-0.3, -0.25) is 9.88 Å². The molecule has 5 rings (SSSR count). The number of urea groups is 1. The number of amides is 2. The highest BCUT2D eigenvalue weighted by molar-refractivity contribution is 7.89. The number of benzene rings is 2. The zero-order valence-corrected chi connectivity index (χ0v) is 21.3. The van der Waals surface area contributed by atoms with Gasteiger partial charge in [0.1, 0.15) is 0 Å². The summed E-state index contributed by atoms with van der Waals surface area (Å²) in [4.78, 5) is 22.6. The third kappa shape index (κ3) is 4.71. The zero-order valence-electron chi connectivity index (χ0n) is 20.5. The van der Waals surface area contributed by atoms with E-state index in [1.54, 1.807) is 35.2 Å². The van der Waals surface area contributed by atoms with E-state index in [0.29, 0.717) is 23.4 Å². The molecule has 1 aromatic heterocycles. The largest absolute Gasteiger partial charge is 0.418 e. The standard InChI is InChI=1S/C27H25F3N4O3S/c1-31-38(36,37)20-7-4-18(5-8-20)15-33-25(35)34-17-26(11-2-3-12-26)22-14-19(6-9-24(22)34)21-10-13-32-16-23(21)27(28,29)30/h4-10,13-16,31H,2-3,11-12,17H2,1H3. The maximum Gasteiger partial charge on any atom is 0.418 e. The third-order valence-corrected chi connectivity index (χ3v) is 8.76. The van der Waals surface area contributed by atoms with Crippen LogP contribution in [0.3, 0.4) is 0 Å². The normalized spacial score (nSPS) is 16.9. The van der Waals surface area contributed by atoms with Gasteiger partial charge in [-0.15, -0.1) is 0 Å². The number of alkyl halides is 3. The number of aliphatic imine (C=N–C) groups is 1. The Hall–Kier alpha value is -3.57. The van der Waals surface area contributed by atoms with E-state index < -0.39 is 27.8 Å². The van der Waals surface area contributed by atoms with Crippen molar-refractivity contribution >= 4 is 28.0 Å². The number of nitrogens with one attached hydrogen (secondary N) is 1. The minimum atomic E-state index is -4.54. The number of anilines is 1. The number of carbonyl (C=O) groups is 1. The second-order valence-corrected chi connectivity index (χ2v) is 11.4. The van der Waals surface area contributed by atoms with Crippen molar-refractivity contribution in [1.29, 1.82) is 0 Å². The van der Waals surface area contributed by atoms with Gasteiger partial charge < -0.3 is 0 Å². The molecule has 1 aliphatic heterocycles. The monoisotopic (exact) mass is 542 g/mol. The summed E-state index contributed by atoms with van der Waals surface area (Å²) in [5.41, 5.74) is 1.42. The second-order valence-electron chi connectivity index (χ2n) is 9.54. The van der Waals surface area contributed by atoms with Gasteiger partial charge in [0.2, 0.25) is 10.0 Å². The number of halogens is 3. The first-order chi connectivity index (χ1) is 18.0. The number of pyridine rings is 1. The molecule has 0 unspecified atom stereocenters. The number of carbonyl (C=O) groups excluding carboxylic acids is 1. The van der Waals surface area contributed by atoms with Crippen LogP contribution in [0.2, 0.25) is 0 Å². The molecule has 1 aliphatic carbocycles. The highest BCUT2D eigenvalue weighted by Gasteiger charge is 2.46. The fourth-order valence-electron chi connectivity index (χ4n) is 5.41. The fraction of sp³-hybridized carbons (Fsp3) is 0.296. The van der Waals surface area contributed by atoms with Gasteiger partial charge >= 0.3 is 12.2 Å². The maximum atomic E-state index is 13.7. The highest BCUT2D eigenvalue weighted by Crippen LogP contribution is 2.52. The van der Waals surface area contributed by atoms with Gasteiger partial charge in [0.05, 0.1) is 10.5 Å². The van der Waals surface area contributed by atoms with Gasteiger partial charge in [-0.25, -0.2) is 22.9 Å². The van der Waals surface area contributed by atoms with Gasteiger partial charge in [0, 0.05) is 36.3 Å². The molecule has 2 amide bonds. The lowest BCUT2D eigenvalue weighted by molar-refractivity contribution is -0.137. The number of rotatable bonds is 4. The number of nitrogens with zero attached hydrogens (tertiary/aromatic N) is 3. The summed E-state index contributed by atoms with van der Waals surface area (Å²) in [5.74, 6) is 0. The summed E-state index contributed by atoms with van der Waals surface area (Å²) in [6, 6.07) is 11.9. The molecule has 0 saturated heterocycles. The van der Waals surface area contributed by atoms with Crippen molar-refractivity contribution in [2.24, 2.45) is 4.99 Å². The maximum absolute atomic E-state index is 13.7. The minimum absolute atomic E-state index is 0.0509. The zero-order chi connectivity index (χ0) is 27.1. The van der Waals surface area contributed by atoms with E-state index in [-0.39, 0.29) is 15.9 Å². The molecule has 0 bridgehead atoms. The first-order valence-electron chi connectivity index (χ1n) is 12.1. The summed E-state index contributed by atoms with van der Waals surface area (Å²) in [5, 5.41) is 0. The van der Waals surface area contributed by atoms with Gasteiger partial charge in [0.15, 0.2) is 0 Å². The molecule has 2 aliphatic rings. The smallest absolute Gasteiger partial charge is 0.291 e. The molecule has 2 aromatic carbocycles. The van der Waals surface area contributed by atoms with Crippen LogP contribution in [-0.4, -0.2) is 39.2 Å². The predicted molar refractivity (Wildman–Crippen MR) is 138 cm³/mol. The molecule has 2 heterocycles. The third-order valence-electron chi connectivity index (χ3n) is 7.33. The lowest BCUT2D eigenvalue weighted by atomic mass is 9.80. The molecule has 0 radical (unpaired) electrons. The van der Waals surface area contributed by atoms with E-state index in [1.165, 1.54) is 37.7 Å². The van der Waals surface area contributed by atoms with E-state index in [9.17, 15) is 26.4 Å². The van der Waals surface area contributed by atoms with Crippen molar-refractivity contribution in [2.75, 3.05) is 18.5 Å². The van der Waals surface area contributed by atoms with Crippen molar-refractivity contribution in [3.63, 3.8) is 0 Å². The number of hydrogen-bond acceptors (Lipinski definition) is 4. The Labute approximate surface area is 218 Å². The van der Waals surface area contributed by atoms with Crippen LogP contribution in [0.15, 0.2) is 70.8 Å². The molecule has 7 nitrogen and oxygen atoms in total. The fourth-order valence-corrected chi connectivity index (χ4v) is 6.14. The molecular weight excluding hydrogens is 517 g/mol. The van der Waals surface area contributed by atoms with E-state index in [4.69, 9.17) is 0 Å². The van der Waals surface area contributed by atoms with Crippen molar-refractivity contribution in [3.05, 3.63) is 77.6 Å². The topological polar surface area (TPSA) is 91.7 Å². The Kier molecular flexibility index (Phi) is 6.60. The number of fused-ring (bicyclic) bond motifs is 2. The summed E-state index contributed by atoms with van der Waals surface area (Å²) < 4.78 is 67.0. The predicted octanol–water partition coefficient (Wildman–Crippen LogP) is 5.55. The summed E-state index contributed by atoms with van der Waals surface area (Å²) in [7, 11) is -2.25. The molecule has 0 atom stereocenters. The van der Waals surface area contributed by atoms with Gasteiger partial charge in [-0.05, 0) is 72.5 Å². The van der Waals surface area contributed by atoms with Crippen LogP contribution in [0.25, 0.3) is 11.1 Å². The number of sulfonamides is 1. The molecule has 1 N–H and O–H groups in total. The second kappa shape index (κ2) is 9.63. The summed E-state index contributed by atoms with van der Waals surface area (Å²) in [6.07, 6.45) is 2.62. The minimum Gasteiger partial charge on any atom is -0.291 e. The molecule has 1 spiro atoms. The van der Waals surface area contributed by atoms with Crippen molar-refractivity contribution in [1.82, 2.24) is 9.71 Å². The van der Waals surface area contributed by atoms with Crippen LogP contribution in [0.5, 0.6) is 0 Å². The van der Waals surface area contributed by atoms with E-state index >= 15 is 0 Å². The van der Waals surface area contributed by atoms with Gasteiger partial charge in [0.25, 0.3) is 0 Å². The molecule has 1 saturated carbocycles. The highest BCUT2D eigenvalue weighted by atomic mass is 32.2. The first-order valence-corrected chi connectivity index (χ1v) is 13.6. The van der Waals surface area contributed by atoms with E-state index in [0.717, 1.165) is 37.4 Å². The van der Waals surface area contributed by atoms with Crippen molar-refractivity contribution in [2.45, 2.75) is 42.2 Å². The van der Waals surface area contributed by atoms with Gasteiger partial charge in [-0.1, -0.05) is 31.0 Å². The Balaban J connectivity index is 1.46. The Morgan fingerprint density at radius 3 is 2.47 bits per heavy atom. The number of hydrogen-bond donors (Lipinski definition) is 1. The van der Waals surface area contributed by atoms with Crippen molar-refractivity contribution in [3.8, 4) is 11.1 Å². The molecular formula is C27H25F3N4O3S. The lowest BCUT2D eigenvalue weighted by Gasteiger charge is -2.24.